The normalized spacial score (nSPS) is 17.5. The summed E-state index contributed by atoms with van der Waals surface area (Å²) in [5.74, 6) is 2.29. The van der Waals surface area contributed by atoms with Crippen molar-refractivity contribution in [2.24, 2.45) is 17.3 Å². The molecule has 1 heteroatoms. The highest BCUT2D eigenvalue weighted by Gasteiger charge is 2.22. The minimum Gasteiger partial charge on any atom is -0.126 e. The Morgan fingerprint density at radius 1 is 1.25 bits per heavy atom. The highest BCUT2D eigenvalue weighted by molar-refractivity contribution is 6.18. The van der Waals surface area contributed by atoms with E-state index in [9.17, 15) is 0 Å². The highest BCUT2D eigenvalue weighted by atomic mass is 35.5. The highest BCUT2D eigenvalue weighted by Crippen LogP contribution is 2.31. The van der Waals surface area contributed by atoms with Crippen LogP contribution in [0.3, 0.4) is 0 Å². The molecule has 0 N–H and O–H groups in total. The number of halogens is 1. The van der Waals surface area contributed by atoms with E-state index in [4.69, 9.17) is 11.6 Å². The van der Waals surface area contributed by atoms with E-state index < -0.39 is 0 Å². The number of rotatable bonds is 4. The third kappa shape index (κ3) is 4.35. The van der Waals surface area contributed by atoms with Gasteiger partial charge < -0.3 is 0 Å². The van der Waals surface area contributed by atoms with E-state index in [2.05, 4.69) is 34.6 Å². The van der Waals surface area contributed by atoms with E-state index in [0.717, 1.165) is 11.8 Å². The van der Waals surface area contributed by atoms with Crippen LogP contribution in [0.15, 0.2) is 0 Å². The summed E-state index contributed by atoms with van der Waals surface area (Å²) >= 11 is 5.86. The molecule has 0 aliphatic heterocycles. The van der Waals surface area contributed by atoms with Crippen molar-refractivity contribution in [2.45, 2.75) is 47.5 Å². The summed E-state index contributed by atoms with van der Waals surface area (Å²) in [6.07, 6.45) is 2.48. The predicted molar refractivity (Wildman–Crippen MR) is 57.7 cm³/mol. The van der Waals surface area contributed by atoms with Crippen molar-refractivity contribution >= 4 is 11.6 Å². The second-order valence-corrected chi connectivity index (χ2v) is 5.24. The standard InChI is InChI=1S/C11H23Cl/c1-6-10(8-12)7-9(2)11(3,4)5/h9-10H,6-8H2,1-5H3. The number of hydrogen-bond acceptors (Lipinski definition) is 0. The lowest BCUT2D eigenvalue weighted by atomic mass is 9.77. The van der Waals surface area contributed by atoms with Gasteiger partial charge in [0.25, 0.3) is 0 Å². The van der Waals surface area contributed by atoms with E-state index in [0.29, 0.717) is 11.3 Å². The van der Waals surface area contributed by atoms with Gasteiger partial charge in [-0.05, 0) is 23.7 Å². The van der Waals surface area contributed by atoms with E-state index in [1.807, 2.05) is 0 Å². The minimum atomic E-state index is 0.430. The van der Waals surface area contributed by atoms with Crippen LogP contribution in [0, 0.1) is 17.3 Å². The molecule has 0 aliphatic carbocycles. The van der Waals surface area contributed by atoms with Gasteiger partial charge in [0.15, 0.2) is 0 Å². The lowest BCUT2D eigenvalue weighted by Gasteiger charge is -2.29. The molecule has 0 radical (unpaired) electrons. The van der Waals surface area contributed by atoms with Crippen LogP contribution in [-0.2, 0) is 0 Å². The zero-order valence-corrected chi connectivity index (χ0v) is 9.91. The van der Waals surface area contributed by atoms with Crippen LogP contribution < -0.4 is 0 Å². The van der Waals surface area contributed by atoms with Crippen LogP contribution in [-0.4, -0.2) is 5.88 Å². The Labute approximate surface area is 82.7 Å². The van der Waals surface area contributed by atoms with Gasteiger partial charge in [-0.15, -0.1) is 11.6 Å². The molecule has 0 rings (SSSR count). The molecule has 2 atom stereocenters. The molecule has 0 saturated carbocycles. The van der Waals surface area contributed by atoms with Crippen molar-refractivity contribution in [1.29, 1.82) is 0 Å². The van der Waals surface area contributed by atoms with E-state index in [1.54, 1.807) is 0 Å². The second kappa shape index (κ2) is 5.11. The van der Waals surface area contributed by atoms with E-state index >= 15 is 0 Å². The molecule has 0 amide bonds. The monoisotopic (exact) mass is 190 g/mol. The van der Waals surface area contributed by atoms with Crippen LogP contribution >= 0.6 is 11.6 Å². The van der Waals surface area contributed by atoms with Gasteiger partial charge in [0.2, 0.25) is 0 Å². The number of alkyl halides is 1. The molecule has 0 saturated heterocycles. The van der Waals surface area contributed by atoms with Gasteiger partial charge in [0, 0.05) is 5.88 Å². The van der Waals surface area contributed by atoms with Gasteiger partial charge >= 0.3 is 0 Å². The molecule has 0 fully saturated rings. The van der Waals surface area contributed by atoms with Gasteiger partial charge in [-0.25, -0.2) is 0 Å². The van der Waals surface area contributed by atoms with Crippen molar-refractivity contribution in [3.05, 3.63) is 0 Å². The summed E-state index contributed by atoms with van der Waals surface area (Å²) in [7, 11) is 0. The minimum absolute atomic E-state index is 0.430. The largest absolute Gasteiger partial charge is 0.126 e. The van der Waals surface area contributed by atoms with E-state index in [-0.39, 0.29) is 0 Å². The lowest BCUT2D eigenvalue weighted by molar-refractivity contribution is 0.218. The van der Waals surface area contributed by atoms with E-state index in [1.165, 1.54) is 12.8 Å². The predicted octanol–water partition coefficient (Wildman–Crippen LogP) is 4.32. The molecular weight excluding hydrogens is 168 g/mol. The van der Waals surface area contributed by atoms with Gasteiger partial charge in [0.05, 0.1) is 0 Å². The SMILES string of the molecule is CCC(CCl)CC(C)C(C)(C)C. The van der Waals surface area contributed by atoms with Crippen molar-refractivity contribution in [1.82, 2.24) is 0 Å². The Morgan fingerprint density at radius 2 is 1.75 bits per heavy atom. The Hall–Kier alpha value is 0.290. The third-order valence-corrected chi connectivity index (χ3v) is 3.40. The molecule has 0 aliphatic rings. The first-order valence-corrected chi connectivity index (χ1v) is 5.51. The van der Waals surface area contributed by atoms with Crippen LogP contribution in [0.2, 0.25) is 0 Å². The summed E-state index contributed by atoms with van der Waals surface area (Å²) in [6.45, 7) is 11.5. The summed E-state index contributed by atoms with van der Waals surface area (Å²) in [5, 5.41) is 0. The van der Waals surface area contributed by atoms with Gasteiger partial charge in [-0.2, -0.15) is 0 Å². The van der Waals surface area contributed by atoms with Gasteiger partial charge in [0.1, 0.15) is 0 Å². The molecular formula is C11H23Cl. The topological polar surface area (TPSA) is 0 Å². The fraction of sp³-hybridized carbons (Fsp3) is 1.00. The average molecular weight is 191 g/mol. The van der Waals surface area contributed by atoms with Crippen molar-refractivity contribution in [3.8, 4) is 0 Å². The molecule has 2 unspecified atom stereocenters. The Bertz CT molecular complexity index is 109. The second-order valence-electron chi connectivity index (χ2n) is 4.93. The summed E-state index contributed by atoms with van der Waals surface area (Å²) in [4.78, 5) is 0. The first-order chi connectivity index (χ1) is 5.41. The van der Waals surface area contributed by atoms with Crippen LogP contribution in [0.1, 0.15) is 47.5 Å². The fourth-order valence-electron chi connectivity index (χ4n) is 1.19. The molecule has 0 spiro atoms. The molecule has 0 heterocycles. The van der Waals surface area contributed by atoms with Crippen LogP contribution in [0.4, 0.5) is 0 Å². The van der Waals surface area contributed by atoms with Crippen molar-refractivity contribution < 1.29 is 0 Å². The van der Waals surface area contributed by atoms with Gasteiger partial charge in [-0.1, -0.05) is 41.0 Å². The summed E-state index contributed by atoms with van der Waals surface area (Å²) in [6, 6.07) is 0. The maximum absolute atomic E-state index is 5.86. The fourth-order valence-corrected chi connectivity index (χ4v) is 1.54. The molecule has 12 heavy (non-hydrogen) atoms. The molecule has 0 aromatic heterocycles. The maximum Gasteiger partial charge on any atom is 0.0251 e. The molecule has 0 aromatic carbocycles. The van der Waals surface area contributed by atoms with Crippen molar-refractivity contribution in [2.75, 3.05) is 5.88 Å². The zero-order chi connectivity index (χ0) is 9.78. The first-order valence-electron chi connectivity index (χ1n) is 4.97. The molecule has 0 nitrogen and oxygen atoms in total. The summed E-state index contributed by atoms with van der Waals surface area (Å²) in [5.41, 5.74) is 0.430. The van der Waals surface area contributed by atoms with Crippen molar-refractivity contribution in [3.63, 3.8) is 0 Å². The smallest absolute Gasteiger partial charge is 0.0251 e. The Kier molecular flexibility index (Phi) is 5.24. The average Bonchev–Trinajstić information content (AvgIpc) is 1.97. The first kappa shape index (κ1) is 12.3. The lowest BCUT2D eigenvalue weighted by Crippen LogP contribution is -2.20. The molecule has 0 aromatic rings. The third-order valence-electron chi connectivity index (χ3n) is 2.96. The Balaban J connectivity index is 3.90. The quantitative estimate of drug-likeness (QED) is 0.580. The van der Waals surface area contributed by atoms with Crippen LogP contribution in [0.5, 0.6) is 0 Å². The molecule has 74 valence electrons. The maximum atomic E-state index is 5.86. The number of hydrogen-bond donors (Lipinski definition) is 0. The van der Waals surface area contributed by atoms with Gasteiger partial charge in [-0.3, -0.25) is 0 Å². The van der Waals surface area contributed by atoms with Crippen LogP contribution in [0.25, 0.3) is 0 Å². The Morgan fingerprint density at radius 3 is 2.00 bits per heavy atom. The zero-order valence-electron chi connectivity index (χ0n) is 9.15. The summed E-state index contributed by atoms with van der Waals surface area (Å²) < 4.78 is 0. The molecule has 0 bridgehead atoms.